The molecule has 6 nitrogen and oxygen atoms in total. The lowest BCUT2D eigenvalue weighted by molar-refractivity contribution is 0.0985. The van der Waals surface area contributed by atoms with Crippen LogP contribution in [0.2, 0.25) is 0 Å². The van der Waals surface area contributed by atoms with Crippen molar-refractivity contribution in [1.82, 2.24) is 9.88 Å². The van der Waals surface area contributed by atoms with Crippen LogP contribution in [0.3, 0.4) is 0 Å². The van der Waals surface area contributed by atoms with Crippen LogP contribution in [0.5, 0.6) is 0 Å². The van der Waals surface area contributed by atoms with Crippen LogP contribution in [-0.4, -0.2) is 57.1 Å². The number of amides is 1. The number of rotatable bonds is 7. The van der Waals surface area contributed by atoms with Crippen LogP contribution in [0.4, 0.5) is 5.13 Å². The van der Waals surface area contributed by atoms with Gasteiger partial charge in [-0.15, -0.1) is 12.4 Å². The average molecular weight is 482 g/mol. The molecule has 1 amide bonds. The number of likely N-dealkylation sites (N-methyl/N-ethyl adjacent to an activating group) is 1. The molecule has 1 aromatic heterocycles. The highest BCUT2D eigenvalue weighted by Crippen LogP contribution is 2.32. The Labute approximate surface area is 194 Å². The molecule has 0 unspecified atom stereocenters. The second-order valence-electron chi connectivity index (χ2n) is 7.61. The third kappa shape index (κ3) is 5.63. The molecule has 0 saturated heterocycles. The number of benzene rings is 2. The standard InChI is InChI=1S/C22H27N3O3S2.ClH/c1-6-30(27,28)18-9-7-17(8-10-18)21(26)25(12-11-24(4)5)22-23-20-16(3)13-15(2)14-19(20)29-22;/h7-10,13-14H,6,11-12H2,1-5H3;1H. The largest absolute Gasteiger partial charge is 0.308 e. The molecule has 2 aromatic carbocycles. The van der Waals surface area contributed by atoms with E-state index in [4.69, 9.17) is 4.98 Å². The number of halogens is 1. The number of thiazole rings is 1. The zero-order chi connectivity index (χ0) is 22.1. The number of sulfone groups is 1. The van der Waals surface area contributed by atoms with Crippen molar-refractivity contribution in [3.8, 4) is 0 Å². The van der Waals surface area contributed by atoms with Crippen LogP contribution in [0.15, 0.2) is 41.3 Å². The maximum Gasteiger partial charge on any atom is 0.260 e. The molecule has 0 fully saturated rings. The van der Waals surface area contributed by atoms with Gasteiger partial charge in [-0.2, -0.15) is 0 Å². The van der Waals surface area contributed by atoms with Gasteiger partial charge in [-0.1, -0.05) is 24.3 Å². The van der Waals surface area contributed by atoms with Gasteiger partial charge in [0.2, 0.25) is 0 Å². The lowest BCUT2D eigenvalue weighted by atomic mass is 10.1. The van der Waals surface area contributed by atoms with E-state index in [0.29, 0.717) is 23.8 Å². The molecule has 3 rings (SSSR count). The maximum atomic E-state index is 13.3. The van der Waals surface area contributed by atoms with Crippen LogP contribution >= 0.6 is 23.7 Å². The summed E-state index contributed by atoms with van der Waals surface area (Å²) in [5.74, 6) is -0.162. The Balaban J connectivity index is 0.00000341. The molecule has 0 spiro atoms. The van der Waals surface area contributed by atoms with Crippen molar-refractivity contribution >= 4 is 54.8 Å². The van der Waals surface area contributed by atoms with E-state index in [1.807, 2.05) is 32.8 Å². The molecule has 0 aliphatic heterocycles. The minimum atomic E-state index is -3.30. The zero-order valence-electron chi connectivity index (χ0n) is 18.4. The Morgan fingerprint density at radius 1 is 1.06 bits per heavy atom. The van der Waals surface area contributed by atoms with Gasteiger partial charge in [-0.05, 0) is 69.4 Å². The lowest BCUT2D eigenvalue weighted by Crippen LogP contribution is -2.36. The minimum Gasteiger partial charge on any atom is -0.308 e. The highest BCUT2D eigenvalue weighted by molar-refractivity contribution is 7.91. The third-order valence-electron chi connectivity index (χ3n) is 4.91. The number of carbonyl (C=O) groups excluding carboxylic acids is 1. The van der Waals surface area contributed by atoms with Gasteiger partial charge in [0.25, 0.3) is 5.91 Å². The monoisotopic (exact) mass is 481 g/mol. The van der Waals surface area contributed by atoms with Crippen molar-refractivity contribution in [3.63, 3.8) is 0 Å². The number of carbonyl (C=O) groups is 1. The number of aromatic nitrogens is 1. The molecule has 0 bridgehead atoms. The summed E-state index contributed by atoms with van der Waals surface area (Å²) in [6.07, 6.45) is 0. The van der Waals surface area contributed by atoms with Crippen molar-refractivity contribution in [2.24, 2.45) is 0 Å². The van der Waals surface area contributed by atoms with Crippen LogP contribution in [0, 0.1) is 13.8 Å². The van der Waals surface area contributed by atoms with Gasteiger partial charge in [0.15, 0.2) is 15.0 Å². The first-order valence-electron chi connectivity index (χ1n) is 9.79. The van der Waals surface area contributed by atoms with Crippen LogP contribution in [-0.2, 0) is 9.84 Å². The second-order valence-corrected chi connectivity index (χ2v) is 10.9. The molecule has 0 aliphatic carbocycles. The van der Waals surface area contributed by atoms with Gasteiger partial charge in [-0.25, -0.2) is 13.4 Å². The van der Waals surface area contributed by atoms with Gasteiger partial charge >= 0.3 is 0 Å². The maximum absolute atomic E-state index is 13.3. The molecular weight excluding hydrogens is 454 g/mol. The number of nitrogens with zero attached hydrogens (tertiary/aromatic N) is 3. The summed E-state index contributed by atoms with van der Waals surface area (Å²) in [6.45, 7) is 6.85. The quantitative estimate of drug-likeness (QED) is 0.502. The van der Waals surface area contributed by atoms with Crippen molar-refractivity contribution in [2.45, 2.75) is 25.7 Å². The first-order chi connectivity index (χ1) is 14.1. The number of hydrogen-bond donors (Lipinski definition) is 0. The molecule has 9 heteroatoms. The molecule has 0 radical (unpaired) electrons. The van der Waals surface area contributed by atoms with Gasteiger partial charge in [0.05, 0.1) is 20.9 Å². The molecule has 0 aliphatic rings. The van der Waals surface area contributed by atoms with E-state index in [0.717, 1.165) is 21.3 Å². The van der Waals surface area contributed by atoms with Crippen LogP contribution < -0.4 is 4.90 Å². The van der Waals surface area contributed by atoms with Gasteiger partial charge < -0.3 is 4.90 Å². The predicted octanol–water partition coefficient (Wildman–Crippen LogP) is 4.34. The van der Waals surface area contributed by atoms with E-state index < -0.39 is 9.84 Å². The predicted molar refractivity (Wildman–Crippen MR) is 131 cm³/mol. The van der Waals surface area contributed by atoms with Crippen molar-refractivity contribution in [2.75, 3.05) is 37.8 Å². The van der Waals surface area contributed by atoms with Gasteiger partial charge in [-0.3, -0.25) is 9.69 Å². The van der Waals surface area contributed by atoms with E-state index in [-0.39, 0.29) is 29.0 Å². The fourth-order valence-electron chi connectivity index (χ4n) is 3.19. The van der Waals surface area contributed by atoms with Crippen molar-refractivity contribution in [1.29, 1.82) is 0 Å². The van der Waals surface area contributed by atoms with Gasteiger partial charge in [0, 0.05) is 18.7 Å². The smallest absolute Gasteiger partial charge is 0.260 e. The third-order valence-corrected chi connectivity index (χ3v) is 7.68. The van der Waals surface area contributed by atoms with Crippen molar-refractivity contribution in [3.05, 3.63) is 53.1 Å². The number of hydrogen-bond acceptors (Lipinski definition) is 6. The number of fused-ring (bicyclic) bond motifs is 1. The molecule has 168 valence electrons. The minimum absolute atomic E-state index is 0. The van der Waals surface area contributed by atoms with E-state index in [1.165, 1.54) is 23.5 Å². The molecule has 0 atom stereocenters. The van der Waals surface area contributed by atoms with Crippen molar-refractivity contribution < 1.29 is 13.2 Å². The topological polar surface area (TPSA) is 70.6 Å². The summed E-state index contributed by atoms with van der Waals surface area (Å²) in [5, 5.41) is 0.649. The Kier molecular flexibility index (Phi) is 8.21. The van der Waals surface area contributed by atoms with E-state index in [2.05, 4.69) is 12.1 Å². The summed E-state index contributed by atoms with van der Waals surface area (Å²) in [6, 6.07) is 10.3. The normalized spacial score (nSPS) is 11.5. The van der Waals surface area contributed by atoms with Crippen LogP contribution in [0.1, 0.15) is 28.4 Å². The summed E-state index contributed by atoms with van der Waals surface area (Å²) in [4.78, 5) is 22.0. The second kappa shape index (κ2) is 10.1. The molecule has 0 N–H and O–H groups in total. The lowest BCUT2D eigenvalue weighted by Gasteiger charge is -2.22. The number of anilines is 1. The molecular formula is C22H28ClN3O3S2. The molecule has 31 heavy (non-hydrogen) atoms. The first-order valence-corrected chi connectivity index (χ1v) is 12.3. The Morgan fingerprint density at radius 3 is 2.29 bits per heavy atom. The zero-order valence-corrected chi connectivity index (χ0v) is 20.8. The van der Waals surface area contributed by atoms with E-state index >= 15 is 0 Å². The Bertz CT molecular complexity index is 1170. The average Bonchev–Trinajstić information content (AvgIpc) is 3.12. The van der Waals surface area contributed by atoms with Crippen LogP contribution in [0.25, 0.3) is 10.2 Å². The van der Waals surface area contributed by atoms with Gasteiger partial charge in [0.1, 0.15) is 0 Å². The Morgan fingerprint density at radius 2 is 1.71 bits per heavy atom. The molecule has 3 aromatic rings. The summed E-state index contributed by atoms with van der Waals surface area (Å²) in [5.41, 5.74) is 3.60. The van der Waals surface area contributed by atoms with E-state index in [1.54, 1.807) is 24.0 Å². The highest BCUT2D eigenvalue weighted by Gasteiger charge is 2.22. The fraction of sp³-hybridized carbons (Fsp3) is 0.364. The summed E-state index contributed by atoms with van der Waals surface area (Å²) in [7, 11) is 0.612. The summed E-state index contributed by atoms with van der Waals surface area (Å²) < 4.78 is 25.2. The SMILES string of the molecule is CCS(=O)(=O)c1ccc(C(=O)N(CCN(C)C)c2nc3c(C)cc(C)cc3s2)cc1.Cl. The Hall–Kier alpha value is -2.00. The highest BCUT2D eigenvalue weighted by atomic mass is 35.5. The molecule has 0 saturated carbocycles. The fourth-order valence-corrected chi connectivity index (χ4v) is 5.24. The molecule has 1 heterocycles. The number of aryl methyl sites for hydroxylation is 2. The summed E-state index contributed by atoms with van der Waals surface area (Å²) >= 11 is 1.50. The first kappa shape index (κ1) is 25.3. The van der Waals surface area contributed by atoms with E-state index in [9.17, 15) is 13.2 Å².